The second-order valence-electron chi connectivity index (χ2n) is 8.08. The lowest BCUT2D eigenvalue weighted by atomic mass is 9.86. The van der Waals surface area contributed by atoms with Crippen LogP contribution in [0, 0.1) is 29.1 Å². The number of nitrogens with zero attached hydrogens (tertiary/aromatic N) is 2. The Balaban J connectivity index is 1.35. The molecule has 0 radical (unpaired) electrons. The van der Waals surface area contributed by atoms with E-state index in [4.69, 9.17) is 19.5 Å². The molecule has 2 aliphatic carbocycles. The average Bonchev–Trinajstić information content (AvgIpc) is 3.35. The predicted molar refractivity (Wildman–Crippen MR) is 105 cm³/mol. The molecular formula is C22H26N2O5. The molecule has 1 aliphatic heterocycles. The summed E-state index contributed by atoms with van der Waals surface area (Å²) in [6.45, 7) is 0.837. The van der Waals surface area contributed by atoms with E-state index in [1.165, 1.54) is 24.2 Å². The van der Waals surface area contributed by atoms with E-state index in [-0.39, 0.29) is 31.4 Å². The lowest BCUT2D eigenvalue weighted by Gasteiger charge is -2.25. The lowest BCUT2D eigenvalue weighted by Crippen LogP contribution is -2.35. The molecule has 154 valence electrons. The Kier molecular flexibility index (Phi) is 5.89. The first-order valence-corrected chi connectivity index (χ1v) is 10.4. The van der Waals surface area contributed by atoms with Crippen molar-refractivity contribution < 1.29 is 23.8 Å². The normalized spacial score (nSPS) is 24.0. The summed E-state index contributed by atoms with van der Waals surface area (Å²) < 4.78 is 16.4. The number of rotatable bonds is 7. The molecule has 1 amide bonds. The third-order valence-corrected chi connectivity index (χ3v) is 6.26. The molecule has 3 atom stereocenters. The van der Waals surface area contributed by atoms with Gasteiger partial charge in [0, 0.05) is 24.7 Å². The van der Waals surface area contributed by atoms with Crippen LogP contribution in [-0.4, -0.2) is 38.2 Å². The van der Waals surface area contributed by atoms with Crippen LogP contribution in [0.1, 0.15) is 38.5 Å². The molecule has 1 heterocycles. The van der Waals surface area contributed by atoms with E-state index in [0.29, 0.717) is 48.7 Å². The van der Waals surface area contributed by atoms with Crippen LogP contribution in [-0.2, 0) is 14.3 Å². The Morgan fingerprint density at radius 3 is 2.72 bits per heavy atom. The van der Waals surface area contributed by atoms with Crippen LogP contribution >= 0.6 is 0 Å². The average molecular weight is 398 g/mol. The number of esters is 1. The van der Waals surface area contributed by atoms with E-state index in [2.05, 4.69) is 6.07 Å². The van der Waals surface area contributed by atoms with Gasteiger partial charge in [-0.2, -0.15) is 5.26 Å². The molecule has 0 N–H and O–H groups in total. The fourth-order valence-corrected chi connectivity index (χ4v) is 4.88. The minimum Gasteiger partial charge on any atom is -0.486 e. The molecule has 29 heavy (non-hydrogen) atoms. The zero-order chi connectivity index (χ0) is 20.2. The number of amides is 1. The zero-order valence-corrected chi connectivity index (χ0v) is 16.5. The third-order valence-electron chi connectivity index (χ3n) is 6.26. The van der Waals surface area contributed by atoms with Gasteiger partial charge in [0.05, 0.1) is 12.5 Å². The summed E-state index contributed by atoms with van der Waals surface area (Å²) in [4.78, 5) is 26.5. The predicted octanol–water partition coefficient (Wildman–Crippen LogP) is 3.07. The second-order valence-corrected chi connectivity index (χ2v) is 8.08. The van der Waals surface area contributed by atoms with E-state index < -0.39 is 0 Å². The Labute approximate surface area is 170 Å². The minimum absolute atomic E-state index is 0.180. The molecule has 0 unspecified atom stereocenters. The minimum atomic E-state index is -0.349. The quantitative estimate of drug-likeness (QED) is 0.656. The lowest BCUT2D eigenvalue weighted by molar-refractivity contribution is -0.149. The topological polar surface area (TPSA) is 88.9 Å². The monoisotopic (exact) mass is 398 g/mol. The van der Waals surface area contributed by atoms with Crippen LogP contribution in [0.4, 0.5) is 5.69 Å². The van der Waals surface area contributed by atoms with Crippen molar-refractivity contribution in [1.82, 2.24) is 0 Å². The highest BCUT2D eigenvalue weighted by atomic mass is 16.6. The summed E-state index contributed by atoms with van der Waals surface area (Å²) in [5.74, 6) is 2.37. The number of hydrogen-bond acceptors (Lipinski definition) is 6. The Bertz CT molecular complexity index is 818. The molecule has 2 bridgehead atoms. The van der Waals surface area contributed by atoms with Crippen LogP contribution in [0.15, 0.2) is 18.2 Å². The highest BCUT2D eigenvalue weighted by molar-refractivity contribution is 5.95. The Hall–Kier alpha value is -2.75. The summed E-state index contributed by atoms with van der Waals surface area (Å²) in [7, 11) is 0. The van der Waals surface area contributed by atoms with Gasteiger partial charge in [-0.1, -0.05) is 6.42 Å². The molecule has 7 nitrogen and oxygen atoms in total. The smallest absolute Gasteiger partial charge is 0.306 e. The SMILES string of the molecule is N#CCCN(C(=O)COC(=O)C[C@H]1C[C@@H]2CC[C@@H]1C2)c1ccc2c(c1)OCCO2. The number of anilines is 1. The fourth-order valence-electron chi connectivity index (χ4n) is 4.88. The van der Waals surface area contributed by atoms with E-state index in [0.717, 1.165) is 12.3 Å². The molecule has 2 fully saturated rings. The van der Waals surface area contributed by atoms with Crippen molar-refractivity contribution in [3.63, 3.8) is 0 Å². The van der Waals surface area contributed by atoms with Gasteiger partial charge in [-0.25, -0.2) is 0 Å². The molecule has 2 saturated carbocycles. The highest BCUT2D eigenvalue weighted by Crippen LogP contribution is 2.49. The second kappa shape index (κ2) is 8.73. The molecule has 3 aliphatic rings. The van der Waals surface area contributed by atoms with Crippen molar-refractivity contribution in [2.24, 2.45) is 17.8 Å². The third kappa shape index (κ3) is 4.47. The summed E-state index contributed by atoms with van der Waals surface area (Å²) in [6, 6.07) is 7.28. The number of fused-ring (bicyclic) bond motifs is 3. The molecule has 0 spiro atoms. The first-order chi connectivity index (χ1) is 14.1. The molecule has 0 saturated heterocycles. The van der Waals surface area contributed by atoms with Gasteiger partial charge in [0.15, 0.2) is 18.1 Å². The number of carbonyl (C=O) groups excluding carboxylic acids is 2. The van der Waals surface area contributed by atoms with Crippen molar-refractivity contribution >= 4 is 17.6 Å². The number of benzene rings is 1. The first-order valence-electron chi connectivity index (χ1n) is 10.4. The van der Waals surface area contributed by atoms with Crippen LogP contribution in [0.5, 0.6) is 11.5 Å². The van der Waals surface area contributed by atoms with Crippen molar-refractivity contribution in [1.29, 1.82) is 5.26 Å². The van der Waals surface area contributed by atoms with E-state index >= 15 is 0 Å². The molecule has 4 rings (SSSR count). The van der Waals surface area contributed by atoms with Gasteiger partial charge in [0.2, 0.25) is 0 Å². The first kappa shape index (κ1) is 19.6. The Morgan fingerprint density at radius 2 is 2.00 bits per heavy atom. The molecule has 1 aromatic rings. The largest absolute Gasteiger partial charge is 0.486 e. The molecular weight excluding hydrogens is 372 g/mol. The van der Waals surface area contributed by atoms with Gasteiger partial charge in [0.1, 0.15) is 13.2 Å². The number of nitriles is 1. The van der Waals surface area contributed by atoms with Gasteiger partial charge < -0.3 is 19.1 Å². The molecule has 7 heteroatoms. The van der Waals surface area contributed by atoms with E-state index in [1.54, 1.807) is 18.2 Å². The van der Waals surface area contributed by atoms with Gasteiger partial charge in [0.25, 0.3) is 5.91 Å². The number of carbonyl (C=O) groups is 2. The maximum atomic E-state index is 12.8. The van der Waals surface area contributed by atoms with Gasteiger partial charge in [-0.3, -0.25) is 9.59 Å². The van der Waals surface area contributed by atoms with E-state index in [1.807, 2.05) is 0 Å². The number of hydrogen-bond donors (Lipinski definition) is 0. The van der Waals surface area contributed by atoms with Crippen molar-refractivity contribution in [2.75, 3.05) is 31.3 Å². The summed E-state index contributed by atoms with van der Waals surface area (Å²) in [6.07, 6.45) is 5.43. The maximum absolute atomic E-state index is 12.8. The van der Waals surface area contributed by atoms with Crippen molar-refractivity contribution in [2.45, 2.75) is 38.5 Å². The summed E-state index contributed by atoms with van der Waals surface area (Å²) in [5.41, 5.74) is 0.596. The highest BCUT2D eigenvalue weighted by Gasteiger charge is 2.40. The van der Waals surface area contributed by atoms with Crippen molar-refractivity contribution in [3.05, 3.63) is 18.2 Å². The van der Waals surface area contributed by atoms with Gasteiger partial charge in [-0.15, -0.1) is 0 Å². The molecule has 0 aromatic heterocycles. The van der Waals surface area contributed by atoms with Crippen LogP contribution < -0.4 is 14.4 Å². The standard InChI is InChI=1S/C22H26N2O5/c23-6-1-7-24(18-4-5-19-20(13-18)28-9-8-27-19)21(25)14-29-22(26)12-17-11-15-2-3-16(17)10-15/h4-5,13,15-17H,1-3,7-12,14H2/t15-,16-,17-/m1/s1. The van der Waals surface area contributed by atoms with E-state index in [9.17, 15) is 9.59 Å². The number of ether oxygens (including phenoxy) is 3. The van der Waals surface area contributed by atoms with Crippen LogP contribution in [0.3, 0.4) is 0 Å². The van der Waals surface area contributed by atoms with Crippen LogP contribution in [0.2, 0.25) is 0 Å². The summed E-state index contributed by atoms with van der Waals surface area (Å²) in [5, 5.41) is 8.95. The fraction of sp³-hybridized carbons (Fsp3) is 0.591. The van der Waals surface area contributed by atoms with Gasteiger partial charge in [-0.05, 0) is 49.1 Å². The Morgan fingerprint density at radius 1 is 1.17 bits per heavy atom. The maximum Gasteiger partial charge on any atom is 0.306 e. The zero-order valence-electron chi connectivity index (χ0n) is 16.5. The summed E-state index contributed by atoms with van der Waals surface area (Å²) >= 11 is 0. The van der Waals surface area contributed by atoms with Gasteiger partial charge >= 0.3 is 5.97 Å². The molecule has 1 aromatic carbocycles. The van der Waals surface area contributed by atoms with Crippen molar-refractivity contribution in [3.8, 4) is 17.6 Å². The van der Waals surface area contributed by atoms with Crippen LogP contribution in [0.25, 0.3) is 0 Å².